The molecular weight excluding hydrogens is 284 g/mol. The minimum absolute atomic E-state index is 0.240. The van der Waals surface area contributed by atoms with Crippen molar-refractivity contribution in [1.29, 1.82) is 0 Å². The zero-order valence-corrected chi connectivity index (χ0v) is 11.9. The lowest BCUT2D eigenvalue weighted by Gasteiger charge is -2.02. The Balaban J connectivity index is 2.11. The Morgan fingerprint density at radius 1 is 1.47 bits per heavy atom. The largest absolute Gasteiger partial charge is 0.459 e. The van der Waals surface area contributed by atoms with Crippen molar-refractivity contribution in [3.8, 4) is 0 Å². The molecule has 0 atom stereocenters. The maximum Gasteiger partial charge on any atom is 0.307 e. The number of nitrogens with one attached hydrogen (secondary N) is 1. The number of carbonyl (C=O) groups excluding carboxylic acids is 1. The molecule has 2 rings (SSSR count). The van der Waals surface area contributed by atoms with E-state index in [2.05, 4.69) is 17.5 Å². The Morgan fingerprint density at radius 2 is 2.32 bits per heavy atom. The van der Waals surface area contributed by atoms with Crippen molar-refractivity contribution in [2.75, 3.05) is 0 Å². The van der Waals surface area contributed by atoms with E-state index in [1.165, 1.54) is 17.6 Å². The van der Waals surface area contributed by atoms with Gasteiger partial charge in [0.05, 0.1) is 21.2 Å². The third kappa shape index (κ3) is 3.68. The summed E-state index contributed by atoms with van der Waals surface area (Å²) in [5.74, 6) is -0.120. The Morgan fingerprint density at radius 3 is 2.89 bits per heavy atom. The fourth-order valence-corrected chi connectivity index (χ4v) is 2.58. The van der Waals surface area contributed by atoms with Gasteiger partial charge in [0.15, 0.2) is 5.76 Å². The van der Waals surface area contributed by atoms with Crippen molar-refractivity contribution in [2.24, 2.45) is 5.10 Å². The van der Waals surface area contributed by atoms with Gasteiger partial charge in [-0.3, -0.25) is 4.79 Å². The lowest BCUT2D eigenvalue weighted by Crippen LogP contribution is -2.19. The van der Waals surface area contributed by atoms with Gasteiger partial charge in [-0.15, -0.1) is 11.3 Å². The number of amides is 1. The molecule has 6 heteroatoms. The van der Waals surface area contributed by atoms with E-state index in [1.807, 2.05) is 12.1 Å². The number of hydrogen-bond acceptors (Lipinski definition) is 4. The molecule has 0 aromatic carbocycles. The third-order valence-electron chi connectivity index (χ3n) is 2.38. The van der Waals surface area contributed by atoms with Crippen LogP contribution in [-0.4, -0.2) is 11.6 Å². The highest BCUT2D eigenvalue weighted by Gasteiger charge is 2.10. The van der Waals surface area contributed by atoms with Crippen LogP contribution in [0.2, 0.25) is 4.34 Å². The van der Waals surface area contributed by atoms with Gasteiger partial charge in [0.2, 0.25) is 0 Å². The van der Waals surface area contributed by atoms with Crippen LogP contribution in [0.25, 0.3) is 0 Å². The van der Waals surface area contributed by atoms with Gasteiger partial charge < -0.3 is 4.42 Å². The summed E-state index contributed by atoms with van der Waals surface area (Å²) in [4.78, 5) is 12.7. The maximum atomic E-state index is 11.7. The zero-order valence-electron chi connectivity index (χ0n) is 10.4. The van der Waals surface area contributed by atoms with Crippen LogP contribution in [0, 0.1) is 0 Å². The van der Waals surface area contributed by atoms with Crippen molar-refractivity contribution < 1.29 is 9.21 Å². The first kappa shape index (κ1) is 13.8. The Labute approximate surface area is 120 Å². The Hall–Kier alpha value is -1.59. The van der Waals surface area contributed by atoms with E-state index >= 15 is 0 Å². The van der Waals surface area contributed by atoms with Crippen LogP contribution < -0.4 is 5.43 Å². The molecule has 2 aromatic heterocycles. The van der Waals surface area contributed by atoms with Gasteiger partial charge >= 0.3 is 5.91 Å². The molecule has 1 N–H and O–H groups in total. The number of rotatable bonds is 5. The number of hydrazone groups is 1. The van der Waals surface area contributed by atoms with Crippen molar-refractivity contribution >= 4 is 34.6 Å². The molecule has 0 aliphatic rings. The van der Waals surface area contributed by atoms with Crippen molar-refractivity contribution in [3.05, 3.63) is 45.5 Å². The summed E-state index contributed by atoms with van der Waals surface area (Å²) in [6.45, 7) is 2.05. The van der Waals surface area contributed by atoms with Gasteiger partial charge in [0, 0.05) is 0 Å². The molecular formula is C13H13ClN2O2S. The van der Waals surface area contributed by atoms with Crippen LogP contribution in [0.4, 0.5) is 0 Å². The van der Waals surface area contributed by atoms with Crippen molar-refractivity contribution in [3.63, 3.8) is 0 Å². The summed E-state index contributed by atoms with van der Waals surface area (Å²) < 4.78 is 5.70. The third-order valence-corrected chi connectivity index (χ3v) is 3.66. The number of carbonyl (C=O) groups is 1. The van der Waals surface area contributed by atoms with Crippen LogP contribution in [0.15, 0.2) is 40.0 Å². The molecule has 0 aliphatic carbocycles. The quantitative estimate of drug-likeness (QED) is 0.671. The van der Waals surface area contributed by atoms with E-state index in [1.54, 1.807) is 12.1 Å². The van der Waals surface area contributed by atoms with E-state index in [9.17, 15) is 4.79 Å². The molecule has 0 bridgehead atoms. The Kier molecular flexibility index (Phi) is 4.76. The van der Waals surface area contributed by atoms with Crippen LogP contribution in [-0.2, 0) is 0 Å². The standard InChI is InChI=1S/C13H13ClN2O2S/c1-2-4-9(11-6-7-12(14)19-11)15-16-13(17)10-5-3-8-18-10/h3,5-8H,2,4H2,1H3,(H,16,17)/b15-9-. The second kappa shape index (κ2) is 6.54. The fraction of sp³-hybridized carbons (Fsp3) is 0.231. The normalized spacial score (nSPS) is 11.6. The van der Waals surface area contributed by atoms with E-state index in [0.717, 1.165) is 23.4 Å². The molecule has 19 heavy (non-hydrogen) atoms. The average Bonchev–Trinajstić information content (AvgIpc) is 3.05. The maximum absolute atomic E-state index is 11.7. The molecule has 2 heterocycles. The predicted octanol–water partition coefficient (Wildman–Crippen LogP) is 3.93. The fourth-order valence-electron chi connectivity index (χ4n) is 1.52. The predicted molar refractivity (Wildman–Crippen MR) is 76.9 cm³/mol. The lowest BCUT2D eigenvalue weighted by molar-refractivity contribution is 0.0927. The molecule has 4 nitrogen and oxygen atoms in total. The second-order valence-electron chi connectivity index (χ2n) is 3.83. The zero-order chi connectivity index (χ0) is 13.7. The van der Waals surface area contributed by atoms with E-state index in [-0.39, 0.29) is 11.7 Å². The molecule has 0 spiro atoms. The summed E-state index contributed by atoms with van der Waals surface area (Å²) in [5, 5.41) is 4.16. The second-order valence-corrected chi connectivity index (χ2v) is 5.55. The number of thiophene rings is 1. The summed E-state index contributed by atoms with van der Waals surface area (Å²) in [5.41, 5.74) is 3.32. The average molecular weight is 297 g/mol. The van der Waals surface area contributed by atoms with E-state index < -0.39 is 0 Å². The molecule has 0 fully saturated rings. The van der Waals surface area contributed by atoms with Gasteiger partial charge in [0.1, 0.15) is 0 Å². The van der Waals surface area contributed by atoms with Crippen molar-refractivity contribution in [1.82, 2.24) is 5.43 Å². The number of halogens is 1. The summed E-state index contributed by atoms with van der Waals surface area (Å²) in [6.07, 6.45) is 3.16. The van der Waals surface area contributed by atoms with Crippen molar-refractivity contribution in [2.45, 2.75) is 19.8 Å². The number of nitrogens with zero attached hydrogens (tertiary/aromatic N) is 1. The van der Waals surface area contributed by atoms with E-state index in [0.29, 0.717) is 4.34 Å². The molecule has 1 amide bonds. The highest BCUT2D eigenvalue weighted by atomic mass is 35.5. The van der Waals surface area contributed by atoms with E-state index in [4.69, 9.17) is 16.0 Å². The molecule has 0 saturated carbocycles. The van der Waals surface area contributed by atoms with Gasteiger partial charge in [-0.2, -0.15) is 5.10 Å². The lowest BCUT2D eigenvalue weighted by atomic mass is 10.2. The van der Waals surface area contributed by atoms with Crippen LogP contribution in [0.1, 0.15) is 35.2 Å². The molecule has 0 radical (unpaired) electrons. The summed E-state index contributed by atoms with van der Waals surface area (Å²) >= 11 is 7.35. The molecule has 0 saturated heterocycles. The molecule has 100 valence electrons. The summed E-state index contributed by atoms with van der Waals surface area (Å²) in [7, 11) is 0. The first-order valence-corrected chi connectivity index (χ1v) is 7.06. The number of furan rings is 1. The van der Waals surface area contributed by atoms with Gasteiger partial charge in [-0.05, 0) is 30.7 Å². The van der Waals surface area contributed by atoms with Crippen LogP contribution >= 0.6 is 22.9 Å². The highest BCUT2D eigenvalue weighted by Crippen LogP contribution is 2.23. The summed E-state index contributed by atoms with van der Waals surface area (Å²) in [6, 6.07) is 6.97. The smallest absolute Gasteiger partial charge is 0.307 e. The number of hydrogen-bond donors (Lipinski definition) is 1. The van der Waals surface area contributed by atoms with Crippen LogP contribution in [0.5, 0.6) is 0 Å². The minimum Gasteiger partial charge on any atom is -0.459 e. The highest BCUT2D eigenvalue weighted by molar-refractivity contribution is 7.18. The van der Waals surface area contributed by atoms with Gasteiger partial charge in [-0.1, -0.05) is 24.9 Å². The SMILES string of the molecule is CCC/C(=N/NC(=O)c1ccco1)c1ccc(Cl)s1. The monoisotopic (exact) mass is 296 g/mol. The minimum atomic E-state index is -0.360. The van der Waals surface area contributed by atoms with Gasteiger partial charge in [-0.25, -0.2) is 5.43 Å². The van der Waals surface area contributed by atoms with Crippen LogP contribution in [0.3, 0.4) is 0 Å². The topological polar surface area (TPSA) is 54.6 Å². The molecule has 2 aromatic rings. The first-order valence-electron chi connectivity index (χ1n) is 5.87. The molecule has 0 unspecified atom stereocenters. The first-order chi connectivity index (χ1) is 9.20. The Bertz CT molecular complexity index is 575. The van der Waals surface area contributed by atoms with Gasteiger partial charge in [0.25, 0.3) is 0 Å². The molecule has 0 aliphatic heterocycles.